The molecule has 0 aromatic heterocycles. The Kier molecular flexibility index (Phi) is 19.2. The summed E-state index contributed by atoms with van der Waals surface area (Å²) in [4.78, 5) is 26.7. The normalized spacial score (nSPS) is 25.5. The maximum absolute atomic E-state index is 13.5. The van der Waals surface area contributed by atoms with Crippen molar-refractivity contribution in [3.05, 3.63) is 134 Å². The number of carbonyl (C=O) groups excluding carboxylic acids is 2. The molecule has 0 spiro atoms. The van der Waals surface area contributed by atoms with E-state index < -0.39 is 111 Å². The predicted octanol–water partition coefficient (Wildman–Crippen LogP) is 5.66. The van der Waals surface area contributed by atoms with Crippen molar-refractivity contribution in [1.29, 1.82) is 0 Å². The molecule has 2 aliphatic heterocycles. The second kappa shape index (κ2) is 24.1. The van der Waals surface area contributed by atoms with Gasteiger partial charge in [-0.25, -0.2) is 4.79 Å². The summed E-state index contributed by atoms with van der Waals surface area (Å²) in [7, 11) is -6.56. The van der Waals surface area contributed by atoms with Crippen LogP contribution in [-0.2, 0) is 42.1 Å². The summed E-state index contributed by atoms with van der Waals surface area (Å²) < 4.78 is 49.9. The molecule has 0 aliphatic carbocycles. The third kappa shape index (κ3) is 13.2. The van der Waals surface area contributed by atoms with E-state index in [1.165, 1.54) is 13.0 Å². The quantitative estimate of drug-likeness (QED) is 0.0416. The van der Waals surface area contributed by atoms with Crippen molar-refractivity contribution in [1.82, 2.24) is 5.32 Å². The van der Waals surface area contributed by atoms with Crippen molar-refractivity contribution in [3.63, 3.8) is 0 Å². The molecule has 0 saturated carbocycles. The van der Waals surface area contributed by atoms with Crippen LogP contribution in [0.25, 0.3) is 0 Å². The number of rotatable bonds is 18. The second-order valence-corrected chi connectivity index (χ2v) is 30.8. The molecule has 71 heavy (non-hydrogen) atoms. The van der Waals surface area contributed by atoms with Crippen molar-refractivity contribution in [2.75, 3.05) is 26.4 Å². The molecule has 10 atom stereocenters. The van der Waals surface area contributed by atoms with Crippen molar-refractivity contribution in [2.45, 2.75) is 124 Å². The minimum atomic E-state index is -3.33. The van der Waals surface area contributed by atoms with Gasteiger partial charge in [-0.1, -0.05) is 204 Å². The second-order valence-electron chi connectivity index (χ2n) is 19.7. The number of carbonyl (C=O) groups is 2. The minimum absolute atomic E-state index is 0.0891. The Morgan fingerprint density at radius 2 is 1.07 bits per heavy atom. The number of hydrogen-bond acceptors (Lipinski definition) is 13. The van der Waals surface area contributed by atoms with Crippen LogP contribution in [0.4, 0.5) is 4.79 Å². The largest absolute Gasteiger partial charge is 0.457 e. The molecule has 2 fully saturated rings. The number of esters is 1. The van der Waals surface area contributed by atoms with Crippen molar-refractivity contribution < 1.29 is 62.2 Å². The molecular weight excluding hydrogens is 1010 g/mol. The number of amides is 1. The van der Waals surface area contributed by atoms with Crippen molar-refractivity contribution >= 4 is 84.2 Å². The molecule has 1 amide bonds. The number of halogens is 3. The molecule has 0 unspecified atom stereocenters. The first-order valence-corrected chi connectivity index (χ1v) is 28.4. The molecule has 2 aliphatic rings. The maximum Gasteiger partial charge on any atom is 0.407 e. The Hall–Kier alpha value is -3.70. The van der Waals surface area contributed by atoms with E-state index >= 15 is 0 Å². The topological polar surface area (TPSA) is 181 Å². The fourth-order valence-corrected chi connectivity index (χ4v) is 18.9. The highest BCUT2D eigenvalue weighted by Gasteiger charge is 2.57. The van der Waals surface area contributed by atoms with Crippen LogP contribution in [0.3, 0.4) is 0 Å². The first-order chi connectivity index (χ1) is 33.5. The predicted molar refractivity (Wildman–Crippen MR) is 278 cm³/mol. The standard InChI is InChI=1S/C52H66Cl3NO13Si2/c1-9-30-62-47-41(56-49(61)63-33-52(53,54)55)46(66-34(2)57)45(40(68-47)32-65-71(51(6,7)8,37-26-18-12-19-27-37)38-28-20-13-21-29-38)69-48-44(60)43(59)42(58)39(67-48)31-64-70(50(3,4)5,35-22-14-10-15-23-35)36-24-16-11-17-25-36/h9-29,39-48,58-60H,1,30-33H2,2-8H3,(H,56,61)/t39-,40-,41-,42+,43+,44-,45-,46-,47-,48+/m1/s1. The fraction of sp³-hybridized carbons (Fsp3) is 0.462. The van der Waals surface area contributed by atoms with Crippen LogP contribution in [0, 0.1) is 0 Å². The van der Waals surface area contributed by atoms with E-state index in [0.717, 1.165) is 20.7 Å². The monoisotopic (exact) mass is 1070 g/mol. The number of benzene rings is 4. The Balaban J connectivity index is 1.43. The first kappa shape index (κ1) is 56.6. The lowest BCUT2D eigenvalue weighted by Crippen LogP contribution is -2.71. The molecule has 19 heteroatoms. The molecule has 0 bridgehead atoms. The third-order valence-corrected chi connectivity index (χ3v) is 23.0. The summed E-state index contributed by atoms with van der Waals surface area (Å²) in [6, 6.07) is 38.0. The van der Waals surface area contributed by atoms with E-state index in [4.69, 9.17) is 72.1 Å². The molecule has 14 nitrogen and oxygen atoms in total. The van der Waals surface area contributed by atoms with E-state index in [2.05, 4.69) is 53.4 Å². The molecule has 6 rings (SSSR count). The maximum atomic E-state index is 13.5. The van der Waals surface area contributed by atoms with E-state index in [0.29, 0.717) is 0 Å². The zero-order valence-corrected chi connectivity index (χ0v) is 45.3. The van der Waals surface area contributed by atoms with Gasteiger partial charge in [0.25, 0.3) is 16.6 Å². The number of alkyl carbamates (subject to hydrolysis) is 1. The molecule has 2 heterocycles. The van der Waals surface area contributed by atoms with Gasteiger partial charge in [0.1, 0.15) is 49.3 Å². The fourth-order valence-electron chi connectivity index (χ4n) is 9.58. The molecule has 4 aromatic rings. The number of ether oxygens (including phenoxy) is 6. The first-order valence-electron chi connectivity index (χ1n) is 23.4. The van der Waals surface area contributed by atoms with Gasteiger partial charge in [-0.15, -0.1) is 6.58 Å². The van der Waals surface area contributed by atoms with Crippen LogP contribution >= 0.6 is 34.8 Å². The van der Waals surface area contributed by atoms with Gasteiger partial charge in [0.15, 0.2) is 18.7 Å². The number of nitrogens with one attached hydrogen (secondary N) is 1. The van der Waals surface area contributed by atoms with Crippen molar-refractivity contribution in [2.24, 2.45) is 0 Å². The molecule has 4 aromatic carbocycles. The van der Waals surface area contributed by atoms with Gasteiger partial charge in [-0.3, -0.25) is 4.79 Å². The van der Waals surface area contributed by atoms with E-state index in [-0.39, 0.29) is 19.8 Å². The Morgan fingerprint density at radius 3 is 1.46 bits per heavy atom. The van der Waals surface area contributed by atoms with Gasteiger partial charge >= 0.3 is 12.1 Å². The summed E-state index contributed by atoms with van der Waals surface area (Å²) in [6.45, 7) is 16.3. The van der Waals surface area contributed by atoms with Crippen LogP contribution < -0.4 is 26.1 Å². The summed E-state index contributed by atoms with van der Waals surface area (Å²) in [6.07, 6.45) is -13.6. The average Bonchev–Trinajstić information content (AvgIpc) is 3.33. The Bertz CT molecular complexity index is 2250. The summed E-state index contributed by atoms with van der Waals surface area (Å²) >= 11 is 17.8. The highest BCUT2D eigenvalue weighted by Crippen LogP contribution is 2.40. The molecule has 0 radical (unpaired) electrons. The van der Waals surface area contributed by atoms with E-state index in [1.807, 2.05) is 121 Å². The lowest BCUT2D eigenvalue weighted by Gasteiger charge is -2.50. The molecule has 4 N–H and O–H groups in total. The average molecular weight is 1080 g/mol. The zero-order chi connectivity index (χ0) is 51.8. The van der Waals surface area contributed by atoms with Gasteiger partial charge in [0.05, 0.1) is 19.8 Å². The van der Waals surface area contributed by atoms with Crippen LogP contribution in [0.15, 0.2) is 134 Å². The Morgan fingerprint density at radius 1 is 0.648 bits per heavy atom. The summed E-state index contributed by atoms with van der Waals surface area (Å²) in [5, 5.41) is 40.6. The van der Waals surface area contributed by atoms with Crippen LogP contribution in [0.1, 0.15) is 48.5 Å². The highest BCUT2D eigenvalue weighted by atomic mass is 35.6. The van der Waals surface area contributed by atoms with Gasteiger partial charge in [0, 0.05) is 6.92 Å². The van der Waals surface area contributed by atoms with Crippen LogP contribution in [0.2, 0.25) is 10.1 Å². The number of aliphatic hydroxyl groups is 3. The zero-order valence-electron chi connectivity index (χ0n) is 41.0. The lowest BCUT2D eigenvalue weighted by molar-refractivity contribution is -0.347. The highest BCUT2D eigenvalue weighted by molar-refractivity contribution is 7.00. The minimum Gasteiger partial charge on any atom is -0.457 e. The van der Waals surface area contributed by atoms with Crippen molar-refractivity contribution in [3.8, 4) is 0 Å². The van der Waals surface area contributed by atoms with E-state index in [9.17, 15) is 24.9 Å². The van der Waals surface area contributed by atoms with Gasteiger partial charge < -0.3 is 57.9 Å². The van der Waals surface area contributed by atoms with Crippen LogP contribution in [-0.4, -0.2) is 136 Å². The summed E-state index contributed by atoms with van der Waals surface area (Å²) in [5.74, 6) is -0.793. The molecule has 386 valence electrons. The third-order valence-electron chi connectivity index (χ3n) is 12.7. The smallest absolute Gasteiger partial charge is 0.407 e. The SMILES string of the molecule is C=CCO[C@@H]1O[C@H](CO[Si](c2ccccc2)(c2ccccc2)C(C)(C)C)[C@@H](O[C@@H]2O[C@H](CO[Si](c3ccccc3)(c3ccccc3)C(C)(C)C)[C@H](O)[C@H](O)[C@H]2O)[C@H](OC(C)=O)[C@H]1NC(=O)OCC(Cl)(Cl)Cl. The number of hydrogen-bond donors (Lipinski definition) is 4. The van der Waals surface area contributed by atoms with Gasteiger partial charge in [-0.2, -0.15) is 0 Å². The van der Waals surface area contributed by atoms with Crippen LogP contribution in [0.5, 0.6) is 0 Å². The molecule has 2 saturated heterocycles. The van der Waals surface area contributed by atoms with Gasteiger partial charge in [0.2, 0.25) is 3.79 Å². The number of alkyl halides is 3. The lowest BCUT2D eigenvalue weighted by atomic mass is 9.95. The van der Waals surface area contributed by atoms with E-state index in [1.54, 1.807) is 0 Å². The Labute approximate surface area is 433 Å². The number of aliphatic hydroxyl groups excluding tert-OH is 3. The summed E-state index contributed by atoms with van der Waals surface area (Å²) in [5.41, 5.74) is 0. The molecular formula is C52H66Cl3NO13Si2. The van der Waals surface area contributed by atoms with Gasteiger partial charge in [-0.05, 0) is 30.8 Å².